The maximum absolute atomic E-state index is 11.4. The van der Waals surface area contributed by atoms with E-state index >= 15 is 0 Å². The molecule has 2 unspecified atom stereocenters. The summed E-state index contributed by atoms with van der Waals surface area (Å²) in [5.74, 6) is 0.224. The van der Waals surface area contributed by atoms with Crippen LogP contribution in [0.4, 0.5) is 0 Å². The van der Waals surface area contributed by atoms with Gasteiger partial charge in [-0.15, -0.1) is 0 Å². The molecule has 5 nitrogen and oxygen atoms in total. The average molecular weight is 291 g/mol. The van der Waals surface area contributed by atoms with Crippen LogP contribution >= 0.6 is 0 Å². The van der Waals surface area contributed by atoms with E-state index in [1.165, 1.54) is 12.8 Å². The van der Waals surface area contributed by atoms with E-state index in [1.807, 2.05) is 10.8 Å². The molecule has 0 aromatic carbocycles. The second-order valence-electron chi connectivity index (χ2n) is 6.58. The number of fused-ring (bicyclic) bond motifs is 1. The minimum Gasteiger partial charge on any atom is -0.480 e. The van der Waals surface area contributed by atoms with Crippen LogP contribution in [0, 0.1) is 0 Å². The normalized spacial score (nSPS) is 26.8. The predicted octanol–water partition coefficient (Wildman–Crippen LogP) is 2.78. The molecule has 0 aliphatic carbocycles. The summed E-state index contributed by atoms with van der Waals surface area (Å²) in [6, 6.07) is 0.432. The molecule has 21 heavy (non-hydrogen) atoms. The Labute approximate surface area is 126 Å². The Morgan fingerprint density at radius 2 is 2.14 bits per heavy atom. The van der Waals surface area contributed by atoms with Crippen LogP contribution in [-0.2, 0) is 11.2 Å². The minimum atomic E-state index is -0.732. The first-order chi connectivity index (χ1) is 10.1. The molecule has 2 aliphatic rings. The van der Waals surface area contributed by atoms with Gasteiger partial charge in [0, 0.05) is 18.7 Å². The number of likely N-dealkylation sites (tertiary alicyclic amines) is 1. The molecule has 5 heteroatoms. The van der Waals surface area contributed by atoms with Crippen LogP contribution < -0.4 is 0 Å². The van der Waals surface area contributed by atoms with E-state index in [-0.39, 0.29) is 0 Å². The maximum atomic E-state index is 11.4. The van der Waals surface area contributed by atoms with Gasteiger partial charge in [0.1, 0.15) is 11.9 Å². The monoisotopic (exact) mass is 291 g/mol. The number of imidazole rings is 1. The topological polar surface area (TPSA) is 58.4 Å². The third-order valence-corrected chi connectivity index (χ3v) is 4.88. The number of nitrogens with zero attached hydrogens (tertiary/aromatic N) is 3. The molecular weight excluding hydrogens is 266 g/mol. The third-order valence-electron chi connectivity index (χ3n) is 4.88. The van der Waals surface area contributed by atoms with Crippen molar-refractivity contribution in [3.05, 3.63) is 17.7 Å². The van der Waals surface area contributed by atoms with Crippen molar-refractivity contribution in [1.82, 2.24) is 14.5 Å². The number of carboxylic acids is 1. The molecule has 1 N–H and O–H groups in total. The van der Waals surface area contributed by atoms with Crippen molar-refractivity contribution in [2.45, 2.75) is 70.5 Å². The Morgan fingerprint density at radius 3 is 2.86 bits per heavy atom. The van der Waals surface area contributed by atoms with Gasteiger partial charge in [-0.05, 0) is 46.1 Å². The van der Waals surface area contributed by atoms with Crippen LogP contribution in [0.15, 0.2) is 6.20 Å². The third kappa shape index (κ3) is 2.71. The molecule has 116 valence electrons. The van der Waals surface area contributed by atoms with E-state index in [9.17, 15) is 9.90 Å². The average Bonchev–Trinajstić information content (AvgIpc) is 2.90. The fourth-order valence-corrected chi connectivity index (χ4v) is 3.79. The molecule has 0 spiro atoms. The molecule has 1 fully saturated rings. The van der Waals surface area contributed by atoms with Gasteiger partial charge < -0.3 is 9.67 Å². The summed E-state index contributed by atoms with van der Waals surface area (Å²) in [4.78, 5) is 18.7. The van der Waals surface area contributed by atoms with Gasteiger partial charge in [0.25, 0.3) is 0 Å². The number of aliphatic carboxylic acids is 1. The van der Waals surface area contributed by atoms with Crippen molar-refractivity contribution < 1.29 is 9.90 Å². The van der Waals surface area contributed by atoms with E-state index in [4.69, 9.17) is 4.98 Å². The highest BCUT2D eigenvalue weighted by Gasteiger charge is 2.32. The molecule has 0 bridgehead atoms. The minimum absolute atomic E-state index is 0.353. The van der Waals surface area contributed by atoms with Crippen molar-refractivity contribution in [1.29, 1.82) is 0 Å². The summed E-state index contributed by atoms with van der Waals surface area (Å²) in [6.45, 7) is 5.58. The molecule has 2 atom stereocenters. The van der Waals surface area contributed by atoms with Crippen molar-refractivity contribution >= 4 is 5.97 Å². The Balaban J connectivity index is 1.91. The number of carboxylic acid groups (broad SMARTS) is 1. The van der Waals surface area contributed by atoms with Gasteiger partial charge in [0.2, 0.25) is 0 Å². The maximum Gasteiger partial charge on any atom is 0.326 e. The van der Waals surface area contributed by atoms with Crippen LogP contribution in [-0.4, -0.2) is 38.1 Å². The number of piperidine rings is 1. The van der Waals surface area contributed by atoms with Gasteiger partial charge >= 0.3 is 5.97 Å². The zero-order valence-electron chi connectivity index (χ0n) is 13.0. The van der Waals surface area contributed by atoms with E-state index in [0.717, 1.165) is 43.7 Å². The summed E-state index contributed by atoms with van der Waals surface area (Å²) in [6.07, 6.45) is 8.17. The largest absolute Gasteiger partial charge is 0.480 e. The predicted molar refractivity (Wildman–Crippen MR) is 80.3 cm³/mol. The van der Waals surface area contributed by atoms with Crippen LogP contribution in [0.3, 0.4) is 0 Å². The lowest BCUT2D eigenvalue weighted by Gasteiger charge is -2.37. The highest BCUT2D eigenvalue weighted by Crippen LogP contribution is 2.34. The Hall–Kier alpha value is -1.36. The van der Waals surface area contributed by atoms with E-state index in [2.05, 4.69) is 18.7 Å². The summed E-state index contributed by atoms with van der Waals surface area (Å²) in [5, 5.41) is 9.39. The van der Waals surface area contributed by atoms with Crippen LogP contribution in [0.5, 0.6) is 0 Å². The SMILES string of the molecule is CC(C)N1CCCCC1c1cn2c(n1)CCCC2C(=O)O. The number of aromatic nitrogens is 2. The van der Waals surface area contributed by atoms with Crippen molar-refractivity contribution in [2.24, 2.45) is 0 Å². The summed E-state index contributed by atoms with van der Waals surface area (Å²) < 4.78 is 1.91. The van der Waals surface area contributed by atoms with Gasteiger partial charge in [-0.2, -0.15) is 0 Å². The number of hydrogen-bond acceptors (Lipinski definition) is 3. The molecule has 1 saturated heterocycles. The van der Waals surface area contributed by atoms with Crippen molar-refractivity contribution in [2.75, 3.05) is 6.54 Å². The lowest BCUT2D eigenvalue weighted by atomic mass is 9.98. The lowest BCUT2D eigenvalue weighted by molar-refractivity contribution is -0.141. The second kappa shape index (κ2) is 5.79. The zero-order valence-corrected chi connectivity index (χ0v) is 13.0. The van der Waals surface area contributed by atoms with E-state index < -0.39 is 12.0 Å². The zero-order chi connectivity index (χ0) is 15.0. The number of carbonyl (C=O) groups is 1. The van der Waals surface area contributed by atoms with Gasteiger partial charge in [-0.3, -0.25) is 4.90 Å². The molecule has 3 heterocycles. The summed E-state index contributed by atoms with van der Waals surface area (Å²) in [7, 11) is 0. The van der Waals surface area contributed by atoms with Gasteiger partial charge in [0.05, 0.1) is 11.7 Å². The fraction of sp³-hybridized carbons (Fsp3) is 0.750. The Morgan fingerprint density at radius 1 is 1.33 bits per heavy atom. The second-order valence-corrected chi connectivity index (χ2v) is 6.58. The molecule has 3 rings (SSSR count). The van der Waals surface area contributed by atoms with Crippen molar-refractivity contribution in [3.63, 3.8) is 0 Å². The Bertz CT molecular complexity index is 524. The van der Waals surface area contributed by atoms with Crippen LogP contribution in [0.2, 0.25) is 0 Å². The number of aryl methyl sites for hydroxylation is 1. The highest BCUT2D eigenvalue weighted by molar-refractivity contribution is 5.72. The van der Waals surface area contributed by atoms with Crippen LogP contribution in [0.1, 0.15) is 69.6 Å². The van der Waals surface area contributed by atoms with Crippen molar-refractivity contribution in [3.8, 4) is 0 Å². The fourth-order valence-electron chi connectivity index (χ4n) is 3.79. The smallest absolute Gasteiger partial charge is 0.326 e. The van der Waals surface area contributed by atoms with Crippen LogP contribution in [0.25, 0.3) is 0 Å². The standard InChI is InChI=1S/C16H25N3O2/c1-11(2)18-9-4-3-6-13(18)12-10-19-14(16(20)21)7-5-8-15(19)17-12/h10-11,13-14H,3-9H2,1-2H3,(H,20,21). The first-order valence-electron chi connectivity index (χ1n) is 8.14. The molecule has 0 radical (unpaired) electrons. The molecule has 0 amide bonds. The summed E-state index contributed by atoms with van der Waals surface area (Å²) >= 11 is 0. The van der Waals surface area contributed by atoms with Gasteiger partial charge in [0.15, 0.2) is 0 Å². The molecule has 1 aromatic heterocycles. The van der Waals surface area contributed by atoms with Gasteiger partial charge in [-0.25, -0.2) is 9.78 Å². The molecular formula is C16H25N3O2. The Kier molecular flexibility index (Phi) is 4.02. The molecule has 2 aliphatic heterocycles. The molecule has 0 saturated carbocycles. The number of rotatable bonds is 3. The number of hydrogen-bond donors (Lipinski definition) is 1. The van der Waals surface area contributed by atoms with Gasteiger partial charge in [-0.1, -0.05) is 6.42 Å². The quantitative estimate of drug-likeness (QED) is 0.930. The molecule has 1 aromatic rings. The van der Waals surface area contributed by atoms with E-state index in [0.29, 0.717) is 12.1 Å². The van der Waals surface area contributed by atoms with E-state index in [1.54, 1.807) is 0 Å². The first kappa shape index (κ1) is 14.6. The highest BCUT2D eigenvalue weighted by atomic mass is 16.4. The lowest BCUT2D eigenvalue weighted by Crippen LogP contribution is -2.38. The summed E-state index contributed by atoms with van der Waals surface area (Å²) in [5.41, 5.74) is 1.08. The first-order valence-corrected chi connectivity index (χ1v) is 8.14.